The number of halogens is 3. The predicted molar refractivity (Wildman–Crippen MR) is 74.8 cm³/mol. The van der Waals surface area contributed by atoms with E-state index in [2.05, 4.69) is 0 Å². The maximum absolute atomic E-state index is 12.7. The monoisotopic (exact) mass is 316 g/mol. The molecule has 1 aromatic carbocycles. The Balaban J connectivity index is 2.17. The zero-order chi connectivity index (χ0) is 16.5. The van der Waals surface area contributed by atoms with E-state index in [1.54, 1.807) is 0 Å². The van der Waals surface area contributed by atoms with Crippen LogP contribution in [0.25, 0.3) is 0 Å². The predicted octanol–water partition coefficient (Wildman–Crippen LogP) is 2.08. The molecule has 1 amide bonds. The molecule has 4 nitrogen and oxygen atoms in total. The summed E-state index contributed by atoms with van der Waals surface area (Å²) in [5.41, 5.74) is 5.10. The first-order valence-electron chi connectivity index (χ1n) is 7.09. The highest BCUT2D eigenvalue weighted by Gasteiger charge is 2.35. The lowest BCUT2D eigenvalue weighted by Gasteiger charge is -2.29. The van der Waals surface area contributed by atoms with Gasteiger partial charge in [-0.1, -0.05) is 12.1 Å². The maximum atomic E-state index is 12.7. The number of benzene rings is 1. The van der Waals surface area contributed by atoms with Gasteiger partial charge in [0.15, 0.2) is 0 Å². The van der Waals surface area contributed by atoms with Crippen molar-refractivity contribution in [2.24, 2.45) is 5.73 Å². The minimum Gasteiger partial charge on any atom is -0.391 e. The summed E-state index contributed by atoms with van der Waals surface area (Å²) in [4.78, 5) is 13.7. The number of aliphatic hydroxyl groups excluding tert-OH is 1. The Labute approximate surface area is 126 Å². The van der Waals surface area contributed by atoms with Gasteiger partial charge in [-0.3, -0.25) is 4.79 Å². The molecule has 1 aromatic rings. The third-order valence-electron chi connectivity index (χ3n) is 4.13. The van der Waals surface area contributed by atoms with Crippen LogP contribution >= 0.6 is 0 Å². The second-order valence-corrected chi connectivity index (χ2v) is 5.62. The highest BCUT2D eigenvalue weighted by Crippen LogP contribution is 2.31. The molecule has 1 unspecified atom stereocenters. The average molecular weight is 316 g/mol. The molecule has 2 rings (SSSR count). The number of likely N-dealkylation sites (N-methyl/N-ethyl adjacent to an activating group) is 1. The second kappa shape index (κ2) is 6.26. The van der Waals surface area contributed by atoms with Gasteiger partial charge in [0.2, 0.25) is 5.91 Å². The number of alkyl halides is 3. The molecule has 0 aromatic heterocycles. The first kappa shape index (κ1) is 16.8. The number of carbonyl (C=O) groups is 1. The number of nitrogens with two attached hydrogens (primary N) is 1. The normalized spacial score (nSPS) is 23.4. The van der Waals surface area contributed by atoms with Crippen molar-refractivity contribution in [1.29, 1.82) is 0 Å². The van der Waals surface area contributed by atoms with E-state index in [1.165, 1.54) is 24.1 Å². The van der Waals surface area contributed by atoms with E-state index in [0.717, 1.165) is 18.6 Å². The molecule has 0 aliphatic heterocycles. The van der Waals surface area contributed by atoms with Gasteiger partial charge in [-0.2, -0.15) is 13.2 Å². The van der Waals surface area contributed by atoms with Gasteiger partial charge in [0.25, 0.3) is 0 Å². The fourth-order valence-corrected chi connectivity index (χ4v) is 2.81. The third kappa shape index (κ3) is 3.41. The Hall–Kier alpha value is -1.60. The van der Waals surface area contributed by atoms with Crippen molar-refractivity contribution in [3.63, 3.8) is 0 Å². The van der Waals surface area contributed by atoms with Crippen molar-refractivity contribution < 1.29 is 23.1 Å². The minimum atomic E-state index is -4.48. The summed E-state index contributed by atoms with van der Waals surface area (Å²) in [6.07, 6.45) is -3.00. The van der Waals surface area contributed by atoms with Crippen molar-refractivity contribution in [2.45, 2.75) is 43.6 Å². The van der Waals surface area contributed by atoms with Gasteiger partial charge in [0.1, 0.15) is 6.04 Å². The Morgan fingerprint density at radius 3 is 2.64 bits per heavy atom. The number of amides is 1. The summed E-state index contributed by atoms with van der Waals surface area (Å²) in [5, 5.41) is 9.83. The zero-order valence-electron chi connectivity index (χ0n) is 12.2. The zero-order valence-corrected chi connectivity index (χ0v) is 12.2. The first-order chi connectivity index (χ1) is 10.2. The van der Waals surface area contributed by atoms with Gasteiger partial charge in [0, 0.05) is 7.05 Å². The van der Waals surface area contributed by atoms with Crippen molar-refractivity contribution in [2.75, 3.05) is 7.05 Å². The number of rotatable bonds is 3. The van der Waals surface area contributed by atoms with Crippen molar-refractivity contribution >= 4 is 5.91 Å². The van der Waals surface area contributed by atoms with Crippen LogP contribution in [-0.4, -0.2) is 35.1 Å². The van der Waals surface area contributed by atoms with Crippen molar-refractivity contribution in [1.82, 2.24) is 4.90 Å². The maximum Gasteiger partial charge on any atom is 0.416 e. The molecule has 22 heavy (non-hydrogen) atoms. The molecular formula is C15H19F3N2O2. The van der Waals surface area contributed by atoms with Gasteiger partial charge in [-0.25, -0.2) is 0 Å². The van der Waals surface area contributed by atoms with Gasteiger partial charge < -0.3 is 15.7 Å². The van der Waals surface area contributed by atoms with E-state index in [0.29, 0.717) is 12.8 Å². The van der Waals surface area contributed by atoms with Gasteiger partial charge in [-0.15, -0.1) is 0 Å². The minimum absolute atomic E-state index is 0.110. The molecule has 122 valence electrons. The van der Waals surface area contributed by atoms with E-state index >= 15 is 0 Å². The summed E-state index contributed by atoms with van der Waals surface area (Å²) < 4.78 is 38.2. The Morgan fingerprint density at radius 1 is 1.41 bits per heavy atom. The molecule has 0 radical (unpaired) electrons. The van der Waals surface area contributed by atoms with E-state index in [9.17, 15) is 23.1 Å². The molecule has 1 saturated carbocycles. The van der Waals surface area contributed by atoms with E-state index in [4.69, 9.17) is 5.73 Å². The van der Waals surface area contributed by atoms with Crippen LogP contribution in [0.5, 0.6) is 0 Å². The molecule has 0 spiro atoms. The molecule has 0 saturated heterocycles. The van der Waals surface area contributed by atoms with E-state index in [1.807, 2.05) is 0 Å². The summed E-state index contributed by atoms with van der Waals surface area (Å²) >= 11 is 0. The largest absolute Gasteiger partial charge is 0.416 e. The average Bonchev–Trinajstić information content (AvgIpc) is 2.90. The second-order valence-electron chi connectivity index (χ2n) is 5.62. The SMILES string of the molecule is CN(C(=O)C(N)c1cccc(C(F)(F)F)c1)[C@@H]1CCC[C@H]1O. The fourth-order valence-electron chi connectivity index (χ4n) is 2.81. The van der Waals surface area contributed by atoms with Crippen LogP contribution in [0.1, 0.15) is 36.4 Å². The molecular weight excluding hydrogens is 297 g/mol. The van der Waals surface area contributed by atoms with Gasteiger partial charge >= 0.3 is 6.18 Å². The summed E-state index contributed by atoms with van der Waals surface area (Å²) in [5.74, 6) is -0.495. The Bertz CT molecular complexity index is 548. The number of carbonyl (C=O) groups excluding carboxylic acids is 1. The van der Waals surface area contributed by atoms with Crippen LogP contribution in [0, 0.1) is 0 Å². The summed E-state index contributed by atoms with van der Waals surface area (Å²) in [6.45, 7) is 0. The molecule has 0 bridgehead atoms. The van der Waals surface area contributed by atoms with Crippen molar-refractivity contribution in [3.8, 4) is 0 Å². The molecule has 1 fully saturated rings. The van der Waals surface area contributed by atoms with E-state index < -0.39 is 29.8 Å². The summed E-state index contributed by atoms with van der Waals surface area (Å²) in [6, 6.07) is 2.95. The van der Waals surface area contributed by atoms with Gasteiger partial charge in [0.05, 0.1) is 17.7 Å². The fraction of sp³-hybridized carbons (Fsp3) is 0.533. The van der Waals surface area contributed by atoms with Crippen molar-refractivity contribution in [3.05, 3.63) is 35.4 Å². The number of hydrogen-bond donors (Lipinski definition) is 2. The molecule has 0 heterocycles. The molecule has 7 heteroatoms. The smallest absolute Gasteiger partial charge is 0.391 e. The third-order valence-corrected chi connectivity index (χ3v) is 4.13. The topological polar surface area (TPSA) is 66.6 Å². The lowest BCUT2D eigenvalue weighted by molar-refractivity contribution is -0.138. The lowest BCUT2D eigenvalue weighted by Crippen LogP contribution is -2.45. The molecule has 1 aliphatic carbocycles. The quantitative estimate of drug-likeness (QED) is 0.897. The van der Waals surface area contributed by atoms with Gasteiger partial charge in [-0.05, 0) is 37.0 Å². The van der Waals surface area contributed by atoms with Crippen LogP contribution in [0.4, 0.5) is 13.2 Å². The van der Waals surface area contributed by atoms with Crippen LogP contribution in [0.2, 0.25) is 0 Å². The van der Waals surface area contributed by atoms with Crippen LogP contribution < -0.4 is 5.73 Å². The summed E-state index contributed by atoms with van der Waals surface area (Å²) in [7, 11) is 1.52. The van der Waals surface area contributed by atoms with Crippen LogP contribution in [0.3, 0.4) is 0 Å². The lowest BCUT2D eigenvalue weighted by atomic mass is 10.0. The highest BCUT2D eigenvalue weighted by atomic mass is 19.4. The highest BCUT2D eigenvalue weighted by molar-refractivity contribution is 5.83. The Kier molecular flexibility index (Phi) is 4.77. The molecule has 3 atom stereocenters. The number of nitrogens with zero attached hydrogens (tertiary/aromatic N) is 1. The number of hydrogen-bond acceptors (Lipinski definition) is 3. The number of aliphatic hydroxyl groups is 1. The van der Waals surface area contributed by atoms with Crippen LogP contribution in [0.15, 0.2) is 24.3 Å². The molecule has 3 N–H and O–H groups in total. The Morgan fingerprint density at radius 2 is 2.09 bits per heavy atom. The standard InChI is InChI=1S/C15H19F3N2O2/c1-20(11-6-3-7-12(11)21)14(22)13(19)9-4-2-5-10(8-9)15(16,17)18/h2,4-5,8,11-13,21H,3,6-7,19H2,1H3/t11-,12-,13?/m1/s1. The molecule has 1 aliphatic rings. The van der Waals surface area contributed by atoms with Crippen LogP contribution in [-0.2, 0) is 11.0 Å². The van der Waals surface area contributed by atoms with E-state index in [-0.39, 0.29) is 11.6 Å². The first-order valence-corrected chi connectivity index (χ1v) is 7.09.